The summed E-state index contributed by atoms with van der Waals surface area (Å²) >= 11 is 5.88. The summed E-state index contributed by atoms with van der Waals surface area (Å²) in [5, 5.41) is 13.9. The minimum atomic E-state index is -1.21. The van der Waals surface area contributed by atoms with Crippen LogP contribution in [0.2, 0.25) is 0 Å². The number of rotatable bonds is 2. The fourth-order valence-electron chi connectivity index (χ4n) is 0.988. The van der Waals surface area contributed by atoms with Gasteiger partial charge in [0, 0.05) is 11.6 Å². The highest BCUT2D eigenvalue weighted by Crippen LogP contribution is 2.15. The van der Waals surface area contributed by atoms with Crippen LogP contribution in [0.4, 0.5) is 5.13 Å². The monoisotopic (exact) mass is 255 g/mol. The van der Waals surface area contributed by atoms with E-state index >= 15 is 0 Å². The van der Waals surface area contributed by atoms with Gasteiger partial charge in [-0.3, -0.25) is 9.59 Å². The molecule has 2 rings (SSSR count). The highest BCUT2D eigenvalue weighted by atomic mass is 32.1. The Morgan fingerprint density at radius 1 is 1.38 bits per heavy atom. The molecule has 0 spiro atoms. The van der Waals surface area contributed by atoms with E-state index in [0.29, 0.717) is 5.13 Å². The number of hydrogen-bond donors (Lipinski definition) is 2. The number of nitrogens with zero attached hydrogens (tertiary/aromatic N) is 3. The molecule has 0 bridgehead atoms. The first kappa shape index (κ1) is 10.8. The topological polar surface area (TPSA) is 95.8 Å². The van der Waals surface area contributed by atoms with Crippen molar-refractivity contribution in [1.29, 1.82) is 0 Å². The number of carbonyl (C=O) groups is 2. The van der Waals surface area contributed by atoms with E-state index in [9.17, 15) is 9.59 Å². The summed E-state index contributed by atoms with van der Waals surface area (Å²) in [6, 6.07) is -1.21. The van der Waals surface area contributed by atoms with Gasteiger partial charge in [0.05, 0.1) is 0 Å². The summed E-state index contributed by atoms with van der Waals surface area (Å²) in [5.74, 6) is -1.18. The Labute approximate surface area is 99.0 Å². The first-order valence-corrected chi connectivity index (χ1v) is 5.41. The molecular formula is C7H5N5O2S2. The summed E-state index contributed by atoms with van der Waals surface area (Å²) in [6.45, 7) is 0. The fourth-order valence-corrected chi connectivity index (χ4v) is 1.65. The number of nitrogens with one attached hydrogen (secondary N) is 2. The van der Waals surface area contributed by atoms with Gasteiger partial charge < -0.3 is 10.6 Å². The molecule has 1 fully saturated rings. The second-order valence-electron chi connectivity index (χ2n) is 2.74. The van der Waals surface area contributed by atoms with Gasteiger partial charge in [-0.25, -0.2) is 4.98 Å². The lowest BCUT2D eigenvalue weighted by Gasteiger charge is -2.18. The molecule has 0 unspecified atom stereocenters. The van der Waals surface area contributed by atoms with E-state index in [4.69, 9.17) is 0 Å². The third-order valence-corrected chi connectivity index (χ3v) is 2.51. The maximum atomic E-state index is 11.3. The predicted octanol–water partition coefficient (Wildman–Crippen LogP) is 0.126. The normalized spacial score (nSPS) is 17.6. The molecule has 82 valence electrons. The van der Waals surface area contributed by atoms with E-state index in [-0.39, 0.29) is 5.11 Å². The third-order valence-electron chi connectivity index (χ3n) is 1.65. The van der Waals surface area contributed by atoms with Crippen molar-refractivity contribution in [3.8, 4) is 0 Å². The Morgan fingerprint density at radius 2 is 2.06 bits per heavy atom. The van der Waals surface area contributed by atoms with E-state index < -0.39 is 17.9 Å². The number of aromatic nitrogens is 1. The second kappa shape index (κ2) is 4.41. The van der Waals surface area contributed by atoms with Crippen LogP contribution in [-0.4, -0.2) is 28.0 Å². The summed E-state index contributed by atoms with van der Waals surface area (Å²) in [6.07, 6.45) is 1.55. The van der Waals surface area contributed by atoms with Crippen LogP contribution in [0.1, 0.15) is 0 Å². The number of carbonyl (C=O) groups excluding carboxylic acids is 2. The fraction of sp³-hybridized carbons (Fsp3) is 0.143. The van der Waals surface area contributed by atoms with Crippen LogP contribution in [0.25, 0.3) is 0 Å². The second-order valence-corrected chi connectivity index (χ2v) is 4.02. The van der Waals surface area contributed by atoms with Gasteiger partial charge in [-0.2, -0.15) is 5.11 Å². The average Bonchev–Trinajstić information content (AvgIpc) is 2.68. The van der Waals surface area contributed by atoms with Gasteiger partial charge in [0.15, 0.2) is 5.11 Å². The molecule has 2 N–H and O–H groups in total. The van der Waals surface area contributed by atoms with Crippen LogP contribution in [0.5, 0.6) is 0 Å². The summed E-state index contributed by atoms with van der Waals surface area (Å²) in [7, 11) is 0. The van der Waals surface area contributed by atoms with Crippen molar-refractivity contribution in [1.82, 2.24) is 15.6 Å². The largest absolute Gasteiger partial charge is 0.300 e. The Bertz CT molecular complexity index is 449. The number of hydrogen-bond acceptors (Lipinski definition) is 7. The summed E-state index contributed by atoms with van der Waals surface area (Å²) in [4.78, 5) is 26.5. The summed E-state index contributed by atoms with van der Waals surface area (Å²) in [5.41, 5.74) is 0. The number of azo groups is 1. The van der Waals surface area contributed by atoms with E-state index in [1.54, 1.807) is 11.6 Å². The first-order chi connectivity index (χ1) is 7.66. The molecule has 0 aromatic carbocycles. The molecule has 2 heterocycles. The molecule has 16 heavy (non-hydrogen) atoms. The minimum Gasteiger partial charge on any atom is -0.300 e. The van der Waals surface area contributed by atoms with Gasteiger partial charge in [-0.1, -0.05) is 0 Å². The van der Waals surface area contributed by atoms with Crippen molar-refractivity contribution in [2.24, 2.45) is 10.2 Å². The van der Waals surface area contributed by atoms with Gasteiger partial charge in [-0.05, 0) is 12.2 Å². The van der Waals surface area contributed by atoms with E-state index in [0.717, 1.165) is 0 Å². The van der Waals surface area contributed by atoms with Crippen molar-refractivity contribution in [3.05, 3.63) is 11.6 Å². The predicted molar refractivity (Wildman–Crippen MR) is 59.3 cm³/mol. The van der Waals surface area contributed by atoms with E-state index in [1.165, 1.54) is 11.3 Å². The highest BCUT2D eigenvalue weighted by molar-refractivity contribution is 7.80. The quantitative estimate of drug-likeness (QED) is 0.446. The molecule has 0 atom stereocenters. The third kappa shape index (κ3) is 2.25. The lowest BCUT2D eigenvalue weighted by molar-refractivity contribution is -0.131. The molecule has 7 nitrogen and oxygen atoms in total. The Morgan fingerprint density at radius 3 is 2.62 bits per heavy atom. The Hall–Kier alpha value is -1.74. The van der Waals surface area contributed by atoms with Gasteiger partial charge in [0.25, 0.3) is 11.8 Å². The SMILES string of the molecule is O=C1NC(=S)NC(=O)C1N=Nc1nccs1. The van der Waals surface area contributed by atoms with E-state index in [2.05, 4.69) is 38.1 Å². The zero-order chi connectivity index (χ0) is 11.5. The maximum Gasteiger partial charge on any atom is 0.262 e. The maximum absolute atomic E-state index is 11.3. The summed E-state index contributed by atoms with van der Waals surface area (Å²) < 4.78 is 0. The number of thiazole rings is 1. The first-order valence-electron chi connectivity index (χ1n) is 4.13. The molecule has 0 aliphatic carbocycles. The number of amides is 2. The van der Waals surface area contributed by atoms with Crippen LogP contribution in [0.3, 0.4) is 0 Å². The smallest absolute Gasteiger partial charge is 0.262 e. The highest BCUT2D eigenvalue weighted by Gasteiger charge is 2.32. The molecule has 9 heteroatoms. The molecule has 1 aliphatic rings. The zero-order valence-corrected chi connectivity index (χ0v) is 9.34. The molecule has 1 aliphatic heterocycles. The molecular weight excluding hydrogens is 250 g/mol. The average molecular weight is 255 g/mol. The Kier molecular flexibility index (Phi) is 2.97. The van der Waals surface area contributed by atoms with Gasteiger partial charge in [0.2, 0.25) is 11.2 Å². The Balaban J connectivity index is 2.12. The molecule has 2 amide bonds. The number of thiocarbonyl (C=S) groups is 1. The van der Waals surface area contributed by atoms with Crippen molar-refractivity contribution >= 4 is 45.6 Å². The van der Waals surface area contributed by atoms with Crippen LogP contribution < -0.4 is 10.6 Å². The lowest BCUT2D eigenvalue weighted by atomic mass is 10.2. The van der Waals surface area contributed by atoms with Crippen LogP contribution >= 0.6 is 23.6 Å². The lowest BCUT2D eigenvalue weighted by Crippen LogP contribution is -2.57. The van der Waals surface area contributed by atoms with Crippen molar-refractivity contribution in [2.75, 3.05) is 0 Å². The van der Waals surface area contributed by atoms with E-state index in [1.807, 2.05) is 0 Å². The zero-order valence-electron chi connectivity index (χ0n) is 7.71. The standard InChI is InChI=1S/C7H5N5O2S2/c13-4-3(5(14)10-6(15)9-4)11-12-7-8-1-2-16-7/h1-3H,(H2,9,10,13,14,15). The molecule has 1 aromatic heterocycles. The van der Waals surface area contributed by atoms with Crippen molar-refractivity contribution in [3.63, 3.8) is 0 Å². The van der Waals surface area contributed by atoms with Crippen molar-refractivity contribution < 1.29 is 9.59 Å². The molecule has 1 aromatic rings. The van der Waals surface area contributed by atoms with Crippen LogP contribution in [0, 0.1) is 0 Å². The van der Waals surface area contributed by atoms with Gasteiger partial charge in [-0.15, -0.1) is 16.5 Å². The van der Waals surface area contributed by atoms with Crippen LogP contribution in [0.15, 0.2) is 21.8 Å². The molecule has 1 saturated heterocycles. The molecule has 0 saturated carbocycles. The van der Waals surface area contributed by atoms with Gasteiger partial charge >= 0.3 is 0 Å². The molecule has 0 radical (unpaired) electrons. The minimum absolute atomic E-state index is 0.0179. The van der Waals surface area contributed by atoms with Crippen LogP contribution in [-0.2, 0) is 9.59 Å². The van der Waals surface area contributed by atoms with Gasteiger partial charge in [0.1, 0.15) is 0 Å². The van der Waals surface area contributed by atoms with Crippen molar-refractivity contribution in [2.45, 2.75) is 6.04 Å².